The first kappa shape index (κ1) is 18.6. The van der Waals surface area contributed by atoms with E-state index >= 15 is 0 Å². The molecule has 0 aliphatic heterocycles. The maximum Gasteiger partial charge on any atom is 0.404 e. The molecule has 0 aliphatic carbocycles. The average Bonchev–Trinajstić information content (AvgIpc) is 3.24. The van der Waals surface area contributed by atoms with Gasteiger partial charge in [-0.1, -0.05) is 0 Å². The predicted molar refractivity (Wildman–Crippen MR) is 106 cm³/mol. The van der Waals surface area contributed by atoms with E-state index < -0.39 is 11.9 Å². The number of pyridine rings is 1. The summed E-state index contributed by atoms with van der Waals surface area (Å²) in [5.74, 6) is -0.249. The Hall–Kier alpha value is -3.80. The largest absolute Gasteiger partial charge is 0.465 e. The molecule has 0 saturated heterocycles. The third-order valence-electron chi connectivity index (χ3n) is 4.27. The van der Waals surface area contributed by atoms with E-state index in [-0.39, 0.29) is 34.6 Å². The van der Waals surface area contributed by atoms with Crippen molar-refractivity contribution in [3.63, 3.8) is 0 Å². The maximum atomic E-state index is 14.2. The summed E-state index contributed by atoms with van der Waals surface area (Å²) in [5, 5.41) is 18.0. The van der Waals surface area contributed by atoms with Gasteiger partial charge in [-0.3, -0.25) is 0 Å². The van der Waals surface area contributed by atoms with Gasteiger partial charge in [-0.25, -0.2) is 28.8 Å². The van der Waals surface area contributed by atoms with Crippen LogP contribution in [0.15, 0.2) is 23.7 Å². The number of carboxylic acid groups (broad SMARTS) is 1. The number of nitrogens with one attached hydrogen (secondary N) is 1. The van der Waals surface area contributed by atoms with Gasteiger partial charge in [0.25, 0.3) is 0 Å². The van der Waals surface area contributed by atoms with Crippen molar-refractivity contribution in [1.82, 2.24) is 30.0 Å². The number of hydrogen-bond donors (Lipinski definition) is 4. The summed E-state index contributed by atoms with van der Waals surface area (Å²) in [4.78, 5) is 23.6. The molecule has 4 heterocycles. The molecule has 10 nitrogen and oxygen atoms in total. The Bertz CT molecular complexity index is 1230. The molecule has 6 N–H and O–H groups in total. The van der Waals surface area contributed by atoms with E-state index in [2.05, 4.69) is 25.4 Å². The van der Waals surface area contributed by atoms with Gasteiger partial charge in [0.05, 0.1) is 17.5 Å². The second-order valence-corrected chi connectivity index (χ2v) is 7.01. The van der Waals surface area contributed by atoms with Gasteiger partial charge in [-0.15, -0.1) is 11.3 Å². The Balaban J connectivity index is 1.91. The highest BCUT2D eigenvalue weighted by molar-refractivity contribution is 7.12. The summed E-state index contributed by atoms with van der Waals surface area (Å²) in [6.07, 6.45) is 0.382. The number of rotatable bonds is 4. The number of hydrogen-bond acceptors (Lipinski definition) is 8. The van der Waals surface area contributed by atoms with Gasteiger partial charge in [0, 0.05) is 6.20 Å². The summed E-state index contributed by atoms with van der Waals surface area (Å²) in [6.45, 7) is 1.73. The zero-order valence-corrected chi connectivity index (χ0v) is 15.9. The number of aryl methyl sites for hydroxylation is 1. The Kier molecular flexibility index (Phi) is 4.47. The molecule has 0 fully saturated rings. The topological polar surface area (TPSA) is 158 Å². The Morgan fingerprint density at radius 2 is 2.03 bits per heavy atom. The van der Waals surface area contributed by atoms with E-state index in [1.807, 2.05) is 6.92 Å². The van der Waals surface area contributed by atoms with E-state index in [1.54, 1.807) is 17.6 Å². The molecule has 12 heteroatoms. The highest BCUT2D eigenvalue weighted by Crippen LogP contribution is 2.32. The van der Waals surface area contributed by atoms with Crippen LogP contribution in [0.25, 0.3) is 27.6 Å². The molecular weight excluding hydrogens is 399 g/mol. The predicted octanol–water partition coefficient (Wildman–Crippen LogP) is 2.32. The lowest BCUT2D eigenvalue weighted by Gasteiger charge is -2.09. The molecule has 0 aliphatic rings. The van der Waals surface area contributed by atoms with Crippen LogP contribution in [0, 0.1) is 12.7 Å². The first-order chi connectivity index (χ1) is 13.9. The molecule has 1 amide bonds. The van der Waals surface area contributed by atoms with Crippen LogP contribution in [-0.4, -0.2) is 35.9 Å². The highest BCUT2D eigenvalue weighted by atomic mass is 32.1. The second kappa shape index (κ2) is 6.98. The molecule has 29 heavy (non-hydrogen) atoms. The second-order valence-electron chi connectivity index (χ2n) is 6.12. The van der Waals surface area contributed by atoms with E-state index in [0.717, 1.165) is 5.56 Å². The van der Waals surface area contributed by atoms with Crippen LogP contribution in [0.5, 0.6) is 0 Å². The van der Waals surface area contributed by atoms with Crippen LogP contribution < -0.4 is 16.8 Å². The fourth-order valence-electron chi connectivity index (χ4n) is 2.90. The third kappa shape index (κ3) is 3.18. The van der Waals surface area contributed by atoms with Crippen molar-refractivity contribution in [2.45, 2.75) is 13.5 Å². The third-order valence-corrected chi connectivity index (χ3v) is 5.13. The van der Waals surface area contributed by atoms with Gasteiger partial charge in [-0.05, 0) is 30.0 Å². The summed E-state index contributed by atoms with van der Waals surface area (Å²) < 4.78 is 15.6. The standard InChI is InChI=1S/C17H15FN8O2S/c1-7-2-4-21-15-10(7)11(25-26(15)16-9(18)3-5-29-16)14-23-12(19)8(13(20)24-14)6-22-17(27)28/h2-5,22H,6H2,1H3,(H,27,28)(H4,19,20,23,24). The van der Waals surface area contributed by atoms with Gasteiger partial charge < -0.3 is 21.9 Å². The minimum Gasteiger partial charge on any atom is -0.465 e. The first-order valence-corrected chi connectivity index (χ1v) is 9.21. The van der Waals surface area contributed by atoms with Crippen molar-refractivity contribution >= 4 is 40.1 Å². The van der Waals surface area contributed by atoms with Gasteiger partial charge >= 0.3 is 6.09 Å². The Morgan fingerprint density at radius 1 is 1.31 bits per heavy atom. The van der Waals surface area contributed by atoms with E-state index in [9.17, 15) is 9.18 Å². The van der Waals surface area contributed by atoms with E-state index in [1.165, 1.54) is 22.1 Å². The molecule has 4 rings (SSSR count). The summed E-state index contributed by atoms with van der Waals surface area (Å²) in [5.41, 5.74) is 13.8. The Morgan fingerprint density at radius 3 is 2.66 bits per heavy atom. The average molecular weight is 414 g/mol. The van der Waals surface area contributed by atoms with Crippen LogP contribution in [0.4, 0.5) is 20.8 Å². The van der Waals surface area contributed by atoms with E-state index in [4.69, 9.17) is 16.6 Å². The number of carbonyl (C=O) groups is 1. The fourth-order valence-corrected chi connectivity index (χ4v) is 3.62. The molecular formula is C17H15FN8O2S. The molecule has 0 aromatic carbocycles. The zero-order chi connectivity index (χ0) is 20.7. The monoisotopic (exact) mass is 414 g/mol. The maximum absolute atomic E-state index is 14.2. The van der Waals surface area contributed by atoms with Crippen molar-refractivity contribution < 1.29 is 14.3 Å². The number of fused-ring (bicyclic) bond motifs is 1. The highest BCUT2D eigenvalue weighted by Gasteiger charge is 2.22. The number of anilines is 2. The summed E-state index contributed by atoms with van der Waals surface area (Å²) in [7, 11) is 0. The number of aromatic nitrogens is 5. The van der Waals surface area contributed by atoms with Crippen molar-refractivity contribution in [2.75, 3.05) is 11.5 Å². The smallest absolute Gasteiger partial charge is 0.404 e. The number of nitrogens with zero attached hydrogens (tertiary/aromatic N) is 5. The molecule has 4 aromatic rings. The summed E-state index contributed by atoms with van der Waals surface area (Å²) in [6, 6.07) is 3.14. The van der Waals surface area contributed by atoms with Gasteiger partial charge in [0.2, 0.25) is 0 Å². The summed E-state index contributed by atoms with van der Waals surface area (Å²) >= 11 is 1.18. The molecule has 0 unspecified atom stereocenters. The molecule has 0 spiro atoms. The molecule has 0 saturated carbocycles. The normalized spacial score (nSPS) is 11.1. The lowest BCUT2D eigenvalue weighted by atomic mass is 10.1. The van der Waals surface area contributed by atoms with Crippen LogP contribution in [0.1, 0.15) is 11.1 Å². The number of amides is 1. The molecule has 4 aromatic heterocycles. The number of nitrogens with two attached hydrogens (primary N) is 2. The number of halogens is 1. The van der Waals surface area contributed by atoms with Crippen LogP contribution >= 0.6 is 11.3 Å². The lowest BCUT2D eigenvalue weighted by molar-refractivity contribution is 0.194. The van der Waals surface area contributed by atoms with Crippen molar-refractivity contribution in [3.05, 3.63) is 40.7 Å². The molecule has 0 bridgehead atoms. The fraction of sp³-hybridized carbons (Fsp3) is 0.118. The van der Waals surface area contributed by atoms with Crippen LogP contribution in [-0.2, 0) is 6.54 Å². The van der Waals surface area contributed by atoms with Gasteiger partial charge in [0.1, 0.15) is 17.3 Å². The zero-order valence-electron chi connectivity index (χ0n) is 15.0. The molecule has 148 valence electrons. The number of nitrogen functional groups attached to an aromatic ring is 2. The van der Waals surface area contributed by atoms with Crippen LogP contribution in [0.2, 0.25) is 0 Å². The minimum absolute atomic E-state index is 0.0211. The van der Waals surface area contributed by atoms with Crippen LogP contribution in [0.3, 0.4) is 0 Å². The van der Waals surface area contributed by atoms with Crippen molar-refractivity contribution in [3.8, 4) is 16.5 Å². The number of thiophene rings is 1. The molecule has 0 atom stereocenters. The lowest BCUT2D eigenvalue weighted by Crippen LogP contribution is -2.22. The van der Waals surface area contributed by atoms with Crippen molar-refractivity contribution in [1.29, 1.82) is 0 Å². The van der Waals surface area contributed by atoms with Gasteiger partial charge in [-0.2, -0.15) is 5.10 Å². The first-order valence-electron chi connectivity index (χ1n) is 8.33. The molecule has 0 radical (unpaired) electrons. The van der Waals surface area contributed by atoms with Crippen molar-refractivity contribution in [2.24, 2.45) is 0 Å². The minimum atomic E-state index is -1.22. The van der Waals surface area contributed by atoms with Gasteiger partial charge in [0.15, 0.2) is 22.3 Å². The Labute approximate surface area is 167 Å². The SMILES string of the molecule is Cc1ccnc2c1c(-c1nc(N)c(CNC(=O)O)c(N)n1)nn2-c1sccc1F. The van der Waals surface area contributed by atoms with E-state index in [0.29, 0.717) is 16.7 Å². The quantitative estimate of drug-likeness (QED) is 0.396.